The first-order chi connectivity index (χ1) is 9.93. The highest BCUT2D eigenvalue weighted by Crippen LogP contribution is 2.22. The molecule has 1 atom stereocenters. The summed E-state index contributed by atoms with van der Waals surface area (Å²) in [5.74, 6) is -0.901. The van der Waals surface area contributed by atoms with Gasteiger partial charge in [-0.15, -0.1) is 0 Å². The number of carbonyl (C=O) groups excluding carboxylic acids is 1. The average Bonchev–Trinajstić information content (AvgIpc) is 2.47. The van der Waals surface area contributed by atoms with Crippen molar-refractivity contribution in [3.05, 3.63) is 0 Å². The summed E-state index contributed by atoms with van der Waals surface area (Å²) >= 11 is 0. The van der Waals surface area contributed by atoms with Crippen molar-refractivity contribution in [2.24, 2.45) is 0 Å². The third-order valence-corrected chi connectivity index (χ3v) is 4.33. The summed E-state index contributed by atoms with van der Waals surface area (Å²) in [6, 6.07) is -0.369. The minimum absolute atomic E-state index is 0.000972. The Labute approximate surface area is 125 Å². The van der Waals surface area contributed by atoms with Crippen molar-refractivity contribution in [2.45, 2.75) is 31.8 Å². The van der Waals surface area contributed by atoms with Crippen LogP contribution in [0.25, 0.3) is 0 Å². The van der Waals surface area contributed by atoms with Gasteiger partial charge in [0.15, 0.2) is 0 Å². The topological polar surface area (TPSA) is 82.1 Å². The van der Waals surface area contributed by atoms with Gasteiger partial charge in [-0.2, -0.15) is 0 Å². The van der Waals surface area contributed by atoms with E-state index >= 15 is 0 Å². The Kier molecular flexibility index (Phi) is 5.18. The van der Waals surface area contributed by atoms with Crippen LogP contribution in [-0.2, 0) is 14.3 Å². The number of morpholine rings is 1. The first kappa shape index (κ1) is 16.2. The number of nitrogens with one attached hydrogen (secondary N) is 1. The highest BCUT2D eigenvalue weighted by molar-refractivity contribution is 5.86. The van der Waals surface area contributed by atoms with Gasteiger partial charge >= 0.3 is 5.97 Å². The molecule has 2 N–H and O–H groups in total. The van der Waals surface area contributed by atoms with Crippen molar-refractivity contribution >= 4 is 11.9 Å². The summed E-state index contributed by atoms with van der Waals surface area (Å²) < 4.78 is 5.34. The van der Waals surface area contributed by atoms with Gasteiger partial charge in [-0.1, -0.05) is 0 Å². The van der Waals surface area contributed by atoms with Gasteiger partial charge in [0.2, 0.25) is 5.91 Å². The number of carboxylic acid groups (broad SMARTS) is 1. The summed E-state index contributed by atoms with van der Waals surface area (Å²) in [6.45, 7) is 8.49. The van der Waals surface area contributed by atoms with Gasteiger partial charge in [0.25, 0.3) is 0 Å². The van der Waals surface area contributed by atoms with Crippen molar-refractivity contribution in [3.63, 3.8) is 0 Å². The Morgan fingerprint density at radius 1 is 1.29 bits per heavy atom. The van der Waals surface area contributed by atoms with Gasteiger partial charge in [0.05, 0.1) is 31.2 Å². The van der Waals surface area contributed by atoms with Crippen LogP contribution in [0.2, 0.25) is 0 Å². The molecule has 2 fully saturated rings. The van der Waals surface area contributed by atoms with Gasteiger partial charge in [-0.25, -0.2) is 0 Å². The molecule has 120 valence electrons. The Morgan fingerprint density at radius 2 is 1.95 bits per heavy atom. The summed E-state index contributed by atoms with van der Waals surface area (Å²) in [6.07, 6.45) is -0.0661. The Bertz CT molecular complexity index is 394. The van der Waals surface area contributed by atoms with Crippen LogP contribution in [0.15, 0.2) is 0 Å². The van der Waals surface area contributed by atoms with Crippen LogP contribution in [-0.4, -0.2) is 84.3 Å². The highest BCUT2D eigenvalue weighted by Gasteiger charge is 2.41. The third-order valence-electron chi connectivity index (χ3n) is 4.33. The number of amides is 1. The smallest absolute Gasteiger partial charge is 0.305 e. The largest absolute Gasteiger partial charge is 0.481 e. The molecule has 7 heteroatoms. The van der Waals surface area contributed by atoms with Crippen LogP contribution >= 0.6 is 0 Å². The predicted molar refractivity (Wildman–Crippen MR) is 77.1 cm³/mol. The summed E-state index contributed by atoms with van der Waals surface area (Å²) in [5.41, 5.74) is -0.615. The number of carbonyl (C=O) groups is 2. The van der Waals surface area contributed by atoms with Gasteiger partial charge in [0, 0.05) is 32.7 Å². The number of aliphatic carboxylic acids is 1. The van der Waals surface area contributed by atoms with E-state index < -0.39 is 11.5 Å². The quantitative estimate of drug-likeness (QED) is 0.719. The molecule has 0 aromatic carbocycles. The van der Waals surface area contributed by atoms with Crippen molar-refractivity contribution in [2.75, 3.05) is 45.9 Å². The SMILES string of the molecule is CC(C)(C(=O)N1CCOCC1CC(=O)O)N1CCNCC1. The van der Waals surface area contributed by atoms with E-state index in [4.69, 9.17) is 9.84 Å². The minimum Gasteiger partial charge on any atom is -0.481 e. The molecule has 0 radical (unpaired) electrons. The molecule has 2 heterocycles. The number of piperazine rings is 1. The van der Waals surface area contributed by atoms with Crippen LogP contribution in [0.3, 0.4) is 0 Å². The number of ether oxygens (including phenoxy) is 1. The molecule has 2 saturated heterocycles. The molecule has 0 bridgehead atoms. The number of carboxylic acids is 1. The molecule has 0 aromatic rings. The minimum atomic E-state index is -0.900. The molecule has 7 nitrogen and oxygen atoms in total. The van der Waals surface area contributed by atoms with E-state index in [0.717, 1.165) is 26.2 Å². The predicted octanol–water partition coefficient (Wildman–Crippen LogP) is -0.628. The van der Waals surface area contributed by atoms with Crippen molar-refractivity contribution < 1.29 is 19.4 Å². The number of rotatable bonds is 4. The maximum atomic E-state index is 12.9. The molecular formula is C14H25N3O4. The Hall–Kier alpha value is -1.18. The first-order valence-corrected chi connectivity index (χ1v) is 7.49. The first-order valence-electron chi connectivity index (χ1n) is 7.49. The normalized spacial score (nSPS) is 24.9. The fraction of sp³-hybridized carbons (Fsp3) is 0.857. The van der Waals surface area contributed by atoms with Crippen LogP contribution < -0.4 is 5.32 Å². The van der Waals surface area contributed by atoms with Crippen LogP contribution in [0.1, 0.15) is 20.3 Å². The molecular weight excluding hydrogens is 274 g/mol. The second-order valence-electron chi connectivity index (χ2n) is 6.12. The van der Waals surface area contributed by atoms with E-state index in [2.05, 4.69) is 10.2 Å². The van der Waals surface area contributed by atoms with E-state index in [0.29, 0.717) is 19.8 Å². The summed E-state index contributed by atoms with van der Waals surface area (Å²) in [7, 11) is 0. The molecule has 2 rings (SSSR count). The standard InChI is InChI=1S/C14H25N3O4/c1-14(2,16-5-3-15-4-6-16)13(20)17-7-8-21-10-11(17)9-12(18)19/h11,15H,3-10H2,1-2H3,(H,18,19). The monoisotopic (exact) mass is 299 g/mol. The molecule has 0 aliphatic carbocycles. The molecule has 0 saturated carbocycles. The molecule has 21 heavy (non-hydrogen) atoms. The van der Waals surface area contributed by atoms with E-state index in [-0.39, 0.29) is 18.4 Å². The maximum Gasteiger partial charge on any atom is 0.305 e. The van der Waals surface area contributed by atoms with Gasteiger partial charge in [-0.3, -0.25) is 14.5 Å². The molecule has 2 aliphatic rings. The highest BCUT2D eigenvalue weighted by atomic mass is 16.5. The fourth-order valence-electron chi connectivity index (χ4n) is 3.00. The average molecular weight is 299 g/mol. The van der Waals surface area contributed by atoms with Crippen molar-refractivity contribution in [3.8, 4) is 0 Å². The molecule has 0 aromatic heterocycles. The van der Waals surface area contributed by atoms with Gasteiger partial charge in [0.1, 0.15) is 0 Å². The van der Waals surface area contributed by atoms with E-state index in [1.807, 2.05) is 13.8 Å². The maximum absolute atomic E-state index is 12.9. The molecule has 1 amide bonds. The van der Waals surface area contributed by atoms with Gasteiger partial charge < -0.3 is 20.1 Å². The molecule has 2 aliphatic heterocycles. The lowest BCUT2D eigenvalue weighted by molar-refractivity contribution is -0.154. The number of hydrogen-bond acceptors (Lipinski definition) is 5. The van der Waals surface area contributed by atoms with Crippen molar-refractivity contribution in [1.29, 1.82) is 0 Å². The number of nitrogens with zero attached hydrogens (tertiary/aromatic N) is 2. The van der Waals surface area contributed by atoms with Crippen LogP contribution in [0.4, 0.5) is 0 Å². The lowest BCUT2D eigenvalue weighted by atomic mass is 9.97. The fourth-order valence-corrected chi connectivity index (χ4v) is 3.00. The third kappa shape index (κ3) is 3.72. The zero-order chi connectivity index (χ0) is 15.5. The second kappa shape index (κ2) is 6.72. The zero-order valence-electron chi connectivity index (χ0n) is 12.8. The van der Waals surface area contributed by atoms with Crippen LogP contribution in [0.5, 0.6) is 0 Å². The van der Waals surface area contributed by atoms with Crippen LogP contribution in [0, 0.1) is 0 Å². The second-order valence-corrected chi connectivity index (χ2v) is 6.12. The molecule has 1 unspecified atom stereocenters. The zero-order valence-corrected chi connectivity index (χ0v) is 12.8. The van der Waals surface area contributed by atoms with E-state index in [9.17, 15) is 9.59 Å². The Balaban J connectivity index is 2.09. The Morgan fingerprint density at radius 3 is 2.57 bits per heavy atom. The van der Waals surface area contributed by atoms with E-state index in [1.165, 1.54) is 0 Å². The number of hydrogen-bond donors (Lipinski definition) is 2. The summed E-state index contributed by atoms with van der Waals surface area (Å²) in [5, 5.41) is 12.3. The van der Waals surface area contributed by atoms with Crippen molar-refractivity contribution in [1.82, 2.24) is 15.1 Å². The van der Waals surface area contributed by atoms with Gasteiger partial charge in [-0.05, 0) is 13.8 Å². The lowest BCUT2D eigenvalue weighted by Crippen LogP contribution is -2.63. The molecule has 0 spiro atoms. The lowest BCUT2D eigenvalue weighted by Gasteiger charge is -2.45. The summed E-state index contributed by atoms with van der Waals surface area (Å²) in [4.78, 5) is 27.8. The van der Waals surface area contributed by atoms with E-state index in [1.54, 1.807) is 4.90 Å².